The Kier molecular flexibility index (Phi) is 6.49. The summed E-state index contributed by atoms with van der Waals surface area (Å²) in [6.45, 7) is 4.13. The van der Waals surface area contributed by atoms with Gasteiger partial charge in [0, 0.05) is 51.6 Å². The average molecular weight is 370 g/mol. The number of hydrogen-bond donors (Lipinski definition) is 1. The van der Waals surface area contributed by atoms with Crippen molar-refractivity contribution in [2.45, 2.75) is 0 Å². The monoisotopic (exact) mass is 370 g/mol. The van der Waals surface area contributed by atoms with Crippen molar-refractivity contribution in [3.05, 3.63) is 48.2 Å². The molecule has 1 amide bonds. The quantitative estimate of drug-likeness (QED) is 0.753. The molecule has 0 spiro atoms. The number of pyridine rings is 1. The van der Waals surface area contributed by atoms with E-state index in [1.54, 1.807) is 32.5 Å². The SMILES string of the molecule is COCCNc1cc(C(=O)N2CCN(c3ccccc3OC)CC2)ccn1. The van der Waals surface area contributed by atoms with Crippen LogP contribution in [-0.2, 0) is 4.74 Å². The third-order valence-corrected chi connectivity index (χ3v) is 4.61. The normalized spacial score (nSPS) is 14.1. The molecular weight excluding hydrogens is 344 g/mol. The van der Waals surface area contributed by atoms with E-state index in [0.29, 0.717) is 37.6 Å². The number of amides is 1. The van der Waals surface area contributed by atoms with Gasteiger partial charge in [0.15, 0.2) is 0 Å². The van der Waals surface area contributed by atoms with E-state index in [1.807, 2.05) is 23.1 Å². The van der Waals surface area contributed by atoms with Crippen molar-refractivity contribution in [2.75, 3.05) is 63.8 Å². The Balaban J connectivity index is 1.61. The third-order valence-electron chi connectivity index (χ3n) is 4.61. The summed E-state index contributed by atoms with van der Waals surface area (Å²) in [6, 6.07) is 11.5. The molecule has 0 atom stereocenters. The van der Waals surface area contributed by atoms with Crippen LogP contribution in [0.25, 0.3) is 0 Å². The van der Waals surface area contributed by atoms with E-state index in [1.165, 1.54) is 0 Å². The molecule has 0 aliphatic carbocycles. The summed E-state index contributed by atoms with van der Waals surface area (Å²) >= 11 is 0. The predicted molar refractivity (Wildman–Crippen MR) is 106 cm³/mol. The smallest absolute Gasteiger partial charge is 0.254 e. The average Bonchev–Trinajstić information content (AvgIpc) is 2.74. The summed E-state index contributed by atoms with van der Waals surface area (Å²) in [7, 11) is 3.33. The highest BCUT2D eigenvalue weighted by Gasteiger charge is 2.23. The number of aromatic nitrogens is 1. The highest BCUT2D eigenvalue weighted by atomic mass is 16.5. The van der Waals surface area contributed by atoms with Gasteiger partial charge >= 0.3 is 0 Å². The largest absolute Gasteiger partial charge is 0.495 e. The molecule has 7 nitrogen and oxygen atoms in total. The highest BCUT2D eigenvalue weighted by Crippen LogP contribution is 2.28. The van der Waals surface area contributed by atoms with Crippen LogP contribution in [-0.4, -0.2) is 69.3 Å². The standard InChI is InChI=1S/C20H26N4O3/c1-26-14-9-22-19-15-16(7-8-21-19)20(25)24-12-10-23(11-13-24)17-5-3-4-6-18(17)27-2/h3-8,15H,9-14H2,1-2H3,(H,21,22). The van der Waals surface area contributed by atoms with Crippen LogP contribution in [0.2, 0.25) is 0 Å². The molecule has 3 rings (SSSR count). The summed E-state index contributed by atoms with van der Waals surface area (Å²) in [4.78, 5) is 21.2. The molecule has 1 saturated heterocycles. The van der Waals surface area contributed by atoms with Crippen LogP contribution in [0, 0.1) is 0 Å². The molecule has 27 heavy (non-hydrogen) atoms. The first kappa shape index (κ1) is 19.0. The molecule has 7 heteroatoms. The van der Waals surface area contributed by atoms with Crippen molar-refractivity contribution in [2.24, 2.45) is 0 Å². The zero-order chi connectivity index (χ0) is 19.1. The highest BCUT2D eigenvalue weighted by molar-refractivity contribution is 5.95. The van der Waals surface area contributed by atoms with Crippen molar-refractivity contribution in [1.29, 1.82) is 0 Å². The predicted octanol–water partition coefficient (Wildman–Crippen LogP) is 2.11. The van der Waals surface area contributed by atoms with Gasteiger partial charge in [0.05, 0.1) is 19.4 Å². The lowest BCUT2D eigenvalue weighted by Gasteiger charge is -2.36. The van der Waals surface area contributed by atoms with E-state index in [2.05, 4.69) is 21.3 Å². The molecular formula is C20H26N4O3. The van der Waals surface area contributed by atoms with Crippen molar-refractivity contribution >= 4 is 17.4 Å². The fourth-order valence-electron chi connectivity index (χ4n) is 3.17. The molecule has 1 aromatic heterocycles. The third kappa shape index (κ3) is 4.68. The van der Waals surface area contributed by atoms with Gasteiger partial charge in [-0.25, -0.2) is 4.98 Å². The van der Waals surface area contributed by atoms with Crippen LogP contribution in [0.15, 0.2) is 42.6 Å². The lowest BCUT2D eigenvalue weighted by molar-refractivity contribution is 0.0746. The van der Waals surface area contributed by atoms with Gasteiger partial charge in [0.25, 0.3) is 5.91 Å². The van der Waals surface area contributed by atoms with Crippen molar-refractivity contribution < 1.29 is 14.3 Å². The number of para-hydroxylation sites is 2. The fraction of sp³-hybridized carbons (Fsp3) is 0.400. The van der Waals surface area contributed by atoms with Crippen molar-refractivity contribution in [3.63, 3.8) is 0 Å². The molecule has 0 radical (unpaired) electrons. The van der Waals surface area contributed by atoms with Crippen LogP contribution in [0.5, 0.6) is 5.75 Å². The van der Waals surface area contributed by atoms with Gasteiger partial charge in [-0.05, 0) is 24.3 Å². The number of anilines is 2. The number of carbonyl (C=O) groups excluding carboxylic acids is 1. The Bertz CT molecular complexity index is 760. The van der Waals surface area contributed by atoms with Crippen molar-refractivity contribution in [1.82, 2.24) is 9.88 Å². The molecule has 1 aliphatic rings. The van der Waals surface area contributed by atoms with Gasteiger partial charge in [-0.3, -0.25) is 4.79 Å². The molecule has 0 saturated carbocycles. The number of piperazine rings is 1. The second kappa shape index (κ2) is 9.23. The van der Waals surface area contributed by atoms with Gasteiger partial charge < -0.3 is 24.6 Å². The lowest BCUT2D eigenvalue weighted by atomic mass is 10.2. The van der Waals surface area contributed by atoms with Crippen LogP contribution in [0.3, 0.4) is 0 Å². The first-order valence-corrected chi connectivity index (χ1v) is 9.09. The number of nitrogens with zero attached hydrogens (tertiary/aromatic N) is 3. The number of benzene rings is 1. The molecule has 0 bridgehead atoms. The van der Waals surface area contributed by atoms with E-state index >= 15 is 0 Å². The molecule has 1 fully saturated rings. The van der Waals surface area contributed by atoms with E-state index in [0.717, 1.165) is 24.5 Å². The van der Waals surface area contributed by atoms with E-state index in [-0.39, 0.29) is 5.91 Å². The number of ether oxygens (including phenoxy) is 2. The number of carbonyl (C=O) groups is 1. The Labute approximate surface area is 159 Å². The lowest BCUT2D eigenvalue weighted by Crippen LogP contribution is -2.48. The first-order valence-electron chi connectivity index (χ1n) is 9.09. The number of methoxy groups -OCH3 is 2. The maximum atomic E-state index is 12.9. The number of rotatable bonds is 7. The Morgan fingerprint density at radius 3 is 2.67 bits per heavy atom. The van der Waals surface area contributed by atoms with Gasteiger partial charge in [0.1, 0.15) is 11.6 Å². The minimum absolute atomic E-state index is 0.0341. The zero-order valence-electron chi connectivity index (χ0n) is 15.9. The molecule has 144 valence electrons. The maximum Gasteiger partial charge on any atom is 0.254 e. The minimum Gasteiger partial charge on any atom is -0.495 e. The van der Waals surface area contributed by atoms with Crippen LogP contribution < -0.4 is 15.0 Å². The second-order valence-electron chi connectivity index (χ2n) is 6.30. The zero-order valence-corrected chi connectivity index (χ0v) is 15.9. The summed E-state index contributed by atoms with van der Waals surface area (Å²) < 4.78 is 10.5. The van der Waals surface area contributed by atoms with E-state index < -0.39 is 0 Å². The van der Waals surface area contributed by atoms with Crippen LogP contribution in [0.4, 0.5) is 11.5 Å². The summed E-state index contributed by atoms with van der Waals surface area (Å²) in [5, 5.41) is 3.16. The van der Waals surface area contributed by atoms with Gasteiger partial charge in [-0.15, -0.1) is 0 Å². The van der Waals surface area contributed by atoms with Crippen molar-refractivity contribution in [3.8, 4) is 5.75 Å². The topological polar surface area (TPSA) is 66.9 Å². The Morgan fingerprint density at radius 1 is 1.15 bits per heavy atom. The maximum absolute atomic E-state index is 12.9. The molecule has 0 unspecified atom stereocenters. The Hall–Kier alpha value is -2.80. The first-order chi connectivity index (χ1) is 13.2. The fourth-order valence-corrected chi connectivity index (χ4v) is 3.17. The van der Waals surface area contributed by atoms with Gasteiger partial charge in [-0.1, -0.05) is 12.1 Å². The molecule has 1 aliphatic heterocycles. The van der Waals surface area contributed by atoms with E-state index in [4.69, 9.17) is 9.47 Å². The molecule has 1 aromatic carbocycles. The van der Waals surface area contributed by atoms with Crippen LogP contribution in [0.1, 0.15) is 10.4 Å². The minimum atomic E-state index is 0.0341. The molecule has 2 aromatic rings. The molecule has 2 heterocycles. The molecule has 1 N–H and O–H groups in total. The van der Waals surface area contributed by atoms with Gasteiger partial charge in [0.2, 0.25) is 0 Å². The second-order valence-corrected chi connectivity index (χ2v) is 6.30. The summed E-state index contributed by atoms with van der Waals surface area (Å²) in [5.74, 6) is 1.58. The number of hydrogen-bond acceptors (Lipinski definition) is 6. The van der Waals surface area contributed by atoms with E-state index in [9.17, 15) is 4.79 Å². The summed E-state index contributed by atoms with van der Waals surface area (Å²) in [6.07, 6.45) is 1.66. The summed E-state index contributed by atoms with van der Waals surface area (Å²) in [5.41, 5.74) is 1.72. The van der Waals surface area contributed by atoms with Gasteiger partial charge in [-0.2, -0.15) is 0 Å². The number of nitrogens with one attached hydrogen (secondary N) is 1. The van der Waals surface area contributed by atoms with Crippen LogP contribution >= 0.6 is 0 Å². The Morgan fingerprint density at radius 2 is 1.93 bits per heavy atom.